The highest BCUT2D eigenvalue weighted by Gasteiger charge is 2.41. The first-order valence-corrected chi connectivity index (χ1v) is 8.18. The van der Waals surface area contributed by atoms with Crippen LogP contribution in [0.25, 0.3) is 0 Å². The molecule has 0 spiro atoms. The van der Waals surface area contributed by atoms with E-state index in [9.17, 15) is 14.7 Å². The molecule has 1 atom stereocenters. The topological polar surface area (TPSA) is 75.6 Å². The number of nitrogens with one attached hydrogen (secondary N) is 1. The average Bonchev–Trinajstić information content (AvgIpc) is 2.55. The summed E-state index contributed by atoms with van der Waals surface area (Å²) in [6.45, 7) is 4.81. The maximum Gasteiger partial charge on any atom is 0.329 e. The quantitative estimate of drug-likeness (QED) is 0.844. The van der Waals surface area contributed by atoms with Crippen molar-refractivity contribution in [3.05, 3.63) is 35.4 Å². The molecule has 1 aromatic rings. The molecule has 2 N–H and O–H groups in total. The van der Waals surface area contributed by atoms with Gasteiger partial charge in [0, 0.05) is 32.5 Å². The smallest absolute Gasteiger partial charge is 0.329 e. The first-order chi connectivity index (χ1) is 11.0. The number of carboxylic acids is 1. The van der Waals surface area contributed by atoms with Crippen molar-refractivity contribution in [2.24, 2.45) is 0 Å². The third-order valence-corrected chi connectivity index (χ3v) is 4.58. The summed E-state index contributed by atoms with van der Waals surface area (Å²) in [5, 5.41) is 12.2. The van der Waals surface area contributed by atoms with Gasteiger partial charge in [0.25, 0.3) is 0 Å². The lowest BCUT2D eigenvalue weighted by atomic mass is 9.89. The number of rotatable bonds is 6. The van der Waals surface area contributed by atoms with Gasteiger partial charge in [-0.15, -0.1) is 0 Å². The third kappa shape index (κ3) is 4.32. The minimum Gasteiger partial charge on any atom is -0.480 e. The fourth-order valence-electron chi connectivity index (χ4n) is 2.91. The molecular formula is C18H25NO4. The molecule has 23 heavy (non-hydrogen) atoms. The Kier molecular flexibility index (Phi) is 5.77. The second-order valence-electron chi connectivity index (χ2n) is 6.25. The number of aryl methyl sites for hydroxylation is 1. The van der Waals surface area contributed by atoms with E-state index < -0.39 is 11.5 Å². The summed E-state index contributed by atoms with van der Waals surface area (Å²) in [6.07, 6.45) is 1.89. The van der Waals surface area contributed by atoms with Gasteiger partial charge in [0.05, 0.1) is 0 Å². The molecule has 2 rings (SSSR count). The second kappa shape index (κ2) is 7.59. The van der Waals surface area contributed by atoms with Crippen molar-refractivity contribution in [1.82, 2.24) is 5.32 Å². The summed E-state index contributed by atoms with van der Waals surface area (Å²) in [5.41, 5.74) is 1.17. The van der Waals surface area contributed by atoms with Gasteiger partial charge >= 0.3 is 5.97 Å². The lowest BCUT2D eigenvalue weighted by molar-refractivity contribution is -0.152. The molecule has 5 heteroatoms. The molecule has 1 aliphatic heterocycles. The van der Waals surface area contributed by atoms with E-state index >= 15 is 0 Å². The molecule has 1 unspecified atom stereocenters. The van der Waals surface area contributed by atoms with Crippen LogP contribution in [0.2, 0.25) is 0 Å². The van der Waals surface area contributed by atoms with Crippen molar-refractivity contribution in [1.29, 1.82) is 0 Å². The van der Waals surface area contributed by atoms with Crippen molar-refractivity contribution in [3.8, 4) is 0 Å². The molecule has 0 aromatic heterocycles. The molecule has 126 valence electrons. The van der Waals surface area contributed by atoms with Crippen molar-refractivity contribution >= 4 is 11.9 Å². The van der Waals surface area contributed by atoms with Crippen LogP contribution < -0.4 is 5.32 Å². The number of hydrogen-bond acceptors (Lipinski definition) is 3. The van der Waals surface area contributed by atoms with Crippen LogP contribution in [0.15, 0.2) is 24.3 Å². The lowest BCUT2D eigenvalue weighted by Gasteiger charge is -2.34. The maximum atomic E-state index is 12.3. The van der Waals surface area contributed by atoms with E-state index in [2.05, 4.69) is 24.4 Å². The summed E-state index contributed by atoms with van der Waals surface area (Å²) in [7, 11) is 0. The van der Waals surface area contributed by atoms with E-state index in [0.717, 1.165) is 12.0 Å². The largest absolute Gasteiger partial charge is 0.480 e. The fraction of sp³-hybridized carbons (Fsp3) is 0.556. The maximum absolute atomic E-state index is 12.3. The van der Waals surface area contributed by atoms with Crippen LogP contribution in [0.5, 0.6) is 0 Å². The number of benzene rings is 1. The Labute approximate surface area is 137 Å². The molecule has 1 fully saturated rings. The Morgan fingerprint density at radius 2 is 1.87 bits per heavy atom. The predicted octanol–water partition coefficient (Wildman–Crippen LogP) is 2.49. The van der Waals surface area contributed by atoms with Crippen LogP contribution in [0, 0.1) is 0 Å². The molecule has 1 heterocycles. The zero-order valence-electron chi connectivity index (χ0n) is 13.8. The van der Waals surface area contributed by atoms with Gasteiger partial charge in [-0.3, -0.25) is 4.79 Å². The van der Waals surface area contributed by atoms with Crippen molar-refractivity contribution in [3.63, 3.8) is 0 Å². The number of ether oxygens (including phenoxy) is 1. The highest BCUT2D eigenvalue weighted by atomic mass is 16.5. The van der Waals surface area contributed by atoms with Crippen molar-refractivity contribution < 1.29 is 19.4 Å². The summed E-state index contributed by atoms with van der Waals surface area (Å²) < 4.78 is 5.21. The number of amides is 1. The van der Waals surface area contributed by atoms with Gasteiger partial charge in [-0.2, -0.15) is 0 Å². The summed E-state index contributed by atoms with van der Waals surface area (Å²) >= 11 is 0. The molecule has 0 saturated carbocycles. The van der Waals surface area contributed by atoms with E-state index in [1.54, 1.807) is 0 Å². The number of carbonyl (C=O) groups is 2. The Balaban J connectivity index is 1.98. The summed E-state index contributed by atoms with van der Waals surface area (Å²) in [4.78, 5) is 23.9. The molecule has 0 radical (unpaired) electrons. The number of hydrogen-bond donors (Lipinski definition) is 2. The molecule has 1 saturated heterocycles. The van der Waals surface area contributed by atoms with Gasteiger partial charge < -0.3 is 15.2 Å². The normalized spacial score (nSPS) is 18.2. The molecule has 1 aromatic carbocycles. The molecular weight excluding hydrogens is 294 g/mol. The van der Waals surface area contributed by atoms with E-state index in [1.807, 2.05) is 19.1 Å². The average molecular weight is 319 g/mol. The third-order valence-electron chi connectivity index (χ3n) is 4.58. The number of carbonyl (C=O) groups excluding carboxylic acids is 1. The zero-order valence-corrected chi connectivity index (χ0v) is 13.8. The van der Waals surface area contributed by atoms with Crippen LogP contribution in [0.1, 0.15) is 50.2 Å². The molecule has 5 nitrogen and oxygen atoms in total. The Hall–Kier alpha value is -1.88. The van der Waals surface area contributed by atoms with Crippen LogP contribution >= 0.6 is 0 Å². The lowest BCUT2D eigenvalue weighted by Crippen LogP contribution is -2.57. The number of aliphatic carboxylic acids is 1. The van der Waals surface area contributed by atoms with E-state index in [1.165, 1.54) is 5.56 Å². The number of carboxylic acid groups (broad SMARTS) is 1. The highest BCUT2D eigenvalue weighted by Crippen LogP contribution is 2.24. The van der Waals surface area contributed by atoms with Crippen LogP contribution in [-0.2, 0) is 20.7 Å². The van der Waals surface area contributed by atoms with E-state index in [4.69, 9.17) is 4.74 Å². The Morgan fingerprint density at radius 3 is 2.39 bits per heavy atom. The minimum absolute atomic E-state index is 0.0478. The van der Waals surface area contributed by atoms with Crippen molar-refractivity contribution in [2.45, 2.75) is 51.0 Å². The predicted molar refractivity (Wildman–Crippen MR) is 87.4 cm³/mol. The van der Waals surface area contributed by atoms with Gasteiger partial charge in [0.2, 0.25) is 5.91 Å². The molecule has 0 aliphatic carbocycles. The zero-order chi connectivity index (χ0) is 16.9. The van der Waals surface area contributed by atoms with Gasteiger partial charge in [0.1, 0.15) is 5.54 Å². The first-order valence-electron chi connectivity index (χ1n) is 8.18. The van der Waals surface area contributed by atoms with Crippen LogP contribution in [-0.4, -0.2) is 35.7 Å². The van der Waals surface area contributed by atoms with Gasteiger partial charge in [-0.05, 0) is 23.5 Å². The van der Waals surface area contributed by atoms with Crippen LogP contribution in [0.3, 0.4) is 0 Å². The van der Waals surface area contributed by atoms with E-state index in [0.29, 0.717) is 26.1 Å². The second-order valence-corrected chi connectivity index (χ2v) is 6.25. The van der Waals surface area contributed by atoms with Gasteiger partial charge in [-0.25, -0.2) is 4.79 Å². The standard InChI is InChI=1S/C18H25NO4/c1-3-14-4-6-15(7-5-14)13(2)12-16(20)19-18(17(21)22)8-10-23-11-9-18/h4-7,13H,3,8-12H2,1-2H3,(H,19,20)(H,21,22). The van der Waals surface area contributed by atoms with Gasteiger partial charge in [0.15, 0.2) is 0 Å². The Morgan fingerprint density at radius 1 is 1.26 bits per heavy atom. The van der Waals surface area contributed by atoms with Crippen LogP contribution in [0.4, 0.5) is 0 Å². The minimum atomic E-state index is -1.18. The molecule has 1 aliphatic rings. The Bertz CT molecular complexity index is 547. The first kappa shape index (κ1) is 17.5. The molecule has 1 amide bonds. The highest BCUT2D eigenvalue weighted by molar-refractivity contribution is 5.87. The summed E-state index contributed by atoms with van der Waals surface area (Å²) in [6, 6.07) is 8.22. The monoisotopic (exact) mass is 319 g/mol. The van der Waals surface area contributed by atoms with Gasteiger partial charge in [-0.1, -0.05) is 38.1 Å². The SMILES string of the molecule is CCc1ccc(C(C)CC(=O)NC2(C(=O)O)CCOCC2)cc1. The molecule has 0 bridgehead atoms. The van der Waals surface area contributed by atoms with Crippen molar-refractivity contribution in [2.75, 3.05) is 13.2 Å². The summed E-state index contributed by atoms with van der Waals surface area (Å²) in [5.74, 6) is -1.15. The van der Waals surface area contributed by atoms with E-state index in [-0.39, 0.29) is 18.2 Å². The fourth-order valence-corrected chi connectivity index (χ4v) is 2.91.